The highest BCUT2D eigenvalue weighted by atomic mass is 32.1. The Morgan fingerprint density at radius 3 is 2.68 bits per heavy atom. The smallest absolute Gasteiger partial charge is 0.301 e. The number of ether oxygens (including phenoxy) is 3. The van der Waals surface area contributed by atoms with Gasteiger partial charge >= 0.3 is 5.91 Å². The molecular formula is C28H22N2O7S. The number of anilines is 1. The molecule has 10 heteroatoms. The second-order valence-corrected chi connectivity index (χ2v) is 9.69. The third kappa shape index (κ3) is 3.99. The molecule has 0 spiro atoms. The summed E-state index contributed by atoms with van der Waals surface area (Å²) in [6, 6.07) is 15.4. The molecular weight excluding hydrogens is 508 g/mol. The molecule has 3 heterocycles. The van der Waals surface area contributed by atoms with Crippen LogP contribution < -0.4 is 19.1 Å². The molecule has 0 bridgehead atoms. The number of rotatable bonds is 5. The fraction of sp³-hybridized carbons (Fsp3) is 0.179. The van der Waals surface area contributed by atoms with Gasteiger partial charge in [-0.3, -0.25) is 14.5 Å². The summed E-state index contributed by atoms with van der Waals surface area (Å²) in [5, 5.41) is 21.9. The number of Topliss-reactive ketones (excluding diaryl/α,β-unsaturated/α-hetero) is 1. The lowest BCUT2D eigenvalue weighted by atomic mass is 9.95. The molecule has 0 aliphatic carbocycles. The highest BCUT2D eigenvalue weighted by Crippen LogP contribution is 2.45. The fourth-order valence-corrected chi connectivity index (χ4v) is 5.66. The summed E-state index contributed by atoms with van der Waals surface area (Å²) >= 11 is 1.23. The lowest BCUT2D eigenvalue weighted by Gasteiger charge is -2.23. The standard InChI is InChI=1S/C28H22N2O7S/c1-2-35-18-7-8-19-22(14-18)38-28(29-19)30-24(15-4-3-5-17(31)12-15)23(26(33)27(30)34)25(32)16-6-9-20-21(13-16)37-11-10-36-20/h3-9,12-14,24,31-32H,2,10-11H2,1H3/b25-23+/t24-/m1/s1. The number of ketones is 1. The van der Waals surface area contributed by atoms with Gasteiger partial charge in [-0.2, -0.15) is 0 Å². The summed E-state index contributed by atoms with van der Waals surface area (Å²) in [7, 11) is 0. The molecule has 2 aliphatic rings. The maximum absolute atomic E-state index is 13.5. The van der Waals surface area contributed by atoms with E-state index in [0.29, 0.717) is 53.7 Å². The van der Waals surface area contributed by atoms with Crippen molar-refractivity contribution >= 4 is 44.1 Å². The zero-order chi connectivity index (χ0) is 26.4. The minimum absolute atomic E-state index is 0.0435. The van der Waals surface area contributed by atoms with Crippen molar-refractivity contribution in [3.63, 3.8) is 0 Å². The number of hydrogen-bond acceptors (Lipinski definition) is 9. The first-order valence-corrected chi connectivity index (χ1v) is 12.8. The van der Waals surface area contributed by atoms with Crippen LogP contribution in [0, 0.1) is 0 Å². The number of phenolic OH excluding ortho intramolecular Hbond substituents is 1. The van der Waals surface area contributed by atoms with Gasteiger partial charge in [-0.05, 0) is 61.0 Å². The number of hydrogen-bond donors (Lipinski definition) is 2. The second kappa shape index (κ2) is 9.38. The van der Waals surface area contributed by atoms with Gasteiger partial charge in [0.1, 0.15) is 30.5 Å². The third-order valence-corrected chi connectivity index (χ3v) is 7.33. The Hall–Kier alpha value is -4.57. The van der Waals surface area contributed by atoms with Crippen LogP contribution in [0.1, 0.15) is 24.1 Å². The van der Waals surface area contributed by atoms with E-state index < -0.39 is 17.7 Å². The summed E-state index contributed by atoms with van der Waals surface area (Å²) < 4.78 is 17.5. The Kier molecular flexibility index (Phi) is 5.88. The van der Waals surface area contributed by atoms with E-state index >= 15 is 0 Å². The first-order valence-electron chi connectivity index (χ1n) is 12.0. The molecule has 0 saturated carbocycles. The average molecular weight is 531 g/mol. The van der Waals surface area contributed by atoms with Crippen molar-refractivity contribution in [1.29, 1.82) is 0 Å². The monoisotopic (exact) mass is 530 g/mol. The Bertz CT molecular complexity index is 1630. The summed E-state index contributed by atoms with van der Waals surface area (Å²) in [5.74, 6) is -0.478. The summed E-state index contributed by atoms with van der Waals surface area (Å²) in [6.07, 6.45) is 0. The van der Waals surface area contributed by atoms with Gasteiger partial charge in [-0.25, -0.2) is 4.98 Å². The number of carbonyl (C=O) groups excluding carboxylic acids is 2. The molecule has 3 aromatic carbocycles. The number of phenols is 1. The van der Waals surface area contributed by atoms with Crippen LogP contribution in [0.25, 0.3) is 16.0 Å². The SMILES string of the molecule is CCOc1ccc2nc(N3C(=O)C(=O)/C(=C(/O)c4ccc5c(c4)OCCO5)[C@H]3c3cccc(O)c3)sc2c1. The van der Waals surface area contributed by atoms with Crippen molar-refractivity contribution in [2.24, 2.45) is 0 Å². The molecule has 2 aliphatic heterocycles. The number of aromatic nitrogens is 1. The first kappa shape index (κ1) is 23.8. The number of amides is 1. The van der Waals surface area contributed by atoms with E-state index in [9.17, 15) is 19.8 Å². The van der Waals surface area contributed by atoms with E-state index in [1.165, 1.54) is 28.4 Å². The van der Waals surface area contributed by atoms with Gasteiger partial charge in [-0.1, -0.05) is 23.5 Å². The second-order valence-electron chi connectivity index (χ2n) is 8.68. The average Bonchev–Trinajstić information content (AvgIpc) is 3.46. The quantitative estimate of drug-likeness (QED) is 0.215. The maximum atomic E-state index is 13.5. The van der Waals surface area contributed by atoms with Crippen molar-refractivity contribution in [3.05, 3.63) is 77.4 Å². The van der Waals surface area contributed by atoms with Crippen molar-refractivity contribution in [1.82, 2.24) is 4.98 Å². The topological polar surface area (TPSA) is 118 Å². The summed E-state index contributed by atoms with van der Waals surface area (Å²) in [6.45, 7) is 3.16. The molecule has 1 fully saturated rings. The van der Waals surface area contributed by atoms with Crippen molar-refractivity contribution < 1.29 is 34.0 Å². The van der Waals surface area contributed by atoms with Crippen molar-refractivity contribution in [2.75, 3.05) is 24.7 Å². The van der Waals surface area contributed by atoms with Crippen LogP contribution in [0.2, 0.25) is 0 Å². The number of aliphatic hydroxyl groups is 1. The van der Waals surface area contributed by atoms with Crippen LogP contribution in [0.15, 0.2) is 66.2 Å². The molecule has 38 heavy (non-hydrogen) atoms. The number of nitrogens with zero attached hydrogens (tertiary/aromatic N) is 2. The highest BCUT2D eigenvalue weighted by molar-refractivity contribution is 7.22. The molecule has 192 valence electrons. The number of benzene rings is 3. The molecule has 0 radical (unpaired) electrons. The Labute approximate surface area is 221 Å². The van der Waals surface area contributed by atoms with Gasteiger partial charge in [0.2, 0.25) is 0 Å². The van der Waals surface area contributed by atoms with Crippen LogP contribution >= 0.6 is 11.3 Å². The van der Waals surface area contributed by atoms with Gasteiger partial charge in [-0.15, -0.1) is 0 Å². The van der Waals surface area contributed by atoms with Crippen molar-refractivity contribution in [2.45, 2.75) is 13.0 Å². The van der Waals surface area contributed by atoms with E-state index in [1.54, 1.807) is 42.5 Å². The van der Waals surface area contributed by atoms with Crippen LogP contribution in [-0.2, 0) is 9.59 Å². The molecule has 9 nitrogen and oxygen atoms in total. The van der Waals surface area contributed by atoms with Gasteiger partial charge in [0.05, 0.1) is 28.4 Å². The number of fused-ring (bicyclic) bond motifs is 2. The molecule has 2 N–H and O–H groups in total. The molecule has 4 aromatic rings. The largest absolute Gasteiger partial charge is 0.508 e. The lowest BCUT2D eigenvalue weighted by Crippen LogP contribution is -2.29. The van der Waals surface area contributed by atoms with Crippen LogP contribution in [0.4, 0.5) is 5.13 Å². The number of aromatic hydroxyl groups is 1. The Morgan fingerprint density at radius 1 is 1.08 bits per heavy atom. The maximum Gasteiger partial charge on any atom is 0.301 e. The highest BCUT2D eigenvalue weighted by Gasteiger charge is 2.48. The Balaban J connectivity index is 1.51. The van der Waals surface area contributed by atoms with E-state index in [0.717, 1.165) is 4.70 Å². The molecule has 6 rings (SSSR count). The lowest BCUT2D eigenvalue weighted by molar-refractivity contribution is -0.132. The first-order chi connectivity index (χ1) is 18.4. The zero-order valence-electron chi connectivity index (χ0n) is 20.2. The van der Waals surface area contributed by atoms with Gasteiger partial charge < -0.3 is 24.4 Å². The predicted molar refractivity (Wildman–Crippen MR) is 141 cm³/mol. The molecule has 1 saturated heterocycles. The van der Waals surface area contributed by atoms with E-state index in [1.807, 2.05) is 13.0 Å². The van der Waals surface area contributed by atoms with E-state index in [4.69, 9.17) is 14.2 Å². The van der Waals surface area contributed by atoms with Crippen molar-refractivity contribution in [3.8, 4) is 23.0 Å². The third-order valence-electron chi connectivity index (χ3n) is 6.31. The van der Waals surface area contributed by atoms with Gasteiger partial charge in [0, 0.05) is 5.56 Å². The van der Waals surface area contributed by atoms with E-state index in [2.05, 4.69) is 4.98 Å². The predicted octanol–water partition coefficient (Wildman–Crippen LogP) is 4.80. The number of thiazole rings is 1. The normalized spacial score (nSPS) is 18.2. The summed E-state index contributed by atoms with van der Waals surface area (Å²) in [4.78, 5) is 32.8. The molecule has 1 amide bonds. The molecule has 1 atom stereocenters. The molecule has 0 unspecified atom stereocenters. The Morgan fingerprint density at radius 2 is 1.89 bits per heavy atom. The number of carbonyl (C=O) groups is 2. The van der Waals surface area contributed by atoms with Gasteiger partial charge in [0.25, 0.3) is 5.78 Å². The van der Waals surface area contributed by atoms with E-state index in [-0.39, 0.29) is 22.2 Å². The van der Waals surface area contributed by atoms with Gasteiger partial charge in [0.15, 0.2) is 16.6 Å². The minimum atomic E-state index is -1.03. The zero-order valence-corrected chi connectivity index (χ0v) is 21.0. The molecule has 1 aromatic heterocycles. The number of aliphatic hydroxyl groups excluding tert-OH is 1. The van der Waals surface area contributed by atoms with Crippen LogP contribution in [0.5, 0.6) is 23.0 Å². The summed E-state index contributed by atoms with van der Waals surface area (Å²) in [5.41, 5.74) is 1.25. The minimum Gasteiger partial charge on any atom is -0.508 e. The van der Waals surface area contributed by atoms with Crippen LogP contribution in [0.3, 0.4) is 0 Å². The van der Waals surface area contributed by atoms with Crippen LogP contribution in [-0.4, -0.2) is 46.7 Å². The fourth-order valence-electron chi connectivity index (χ4n) is 4.64.